The Hall–Kier alpha value is -3.31. The lowest BCUT2D eigenvalue weighted by molar-refractivity contribution is -0.872. The van der Waals surface area contributed by atoms with Crippen LogP contribution in [-0.2, 0) is 24.5 Å². The molecular weight excluding hydrogens is 376 g/mol. The molecular formula is C25H29N2O3+. The predicted molar refractivity (Wildman–Crippen MR) is 118 cm³/mol. The normalized spacial score (nSPS) is 10.6. The van der Waals surface area contributed by atoms with E-state index in [0.29, 0.717) is 18.9 Å². The number of amides is 1. The van der Waals surface area contributed by atoms with Gasteiger partial charge in [0.25, 0.3) is 5.91 Å². The highest BCUT2D eigenvalue weighted by Crippen LogP contribution is 2.18. The van der Waals surface area contributed by atoms with Crippen molar-refractivity contribution >= 4 is 5.91 Å². The van der Waals surface area contributed by atoms with Crippen LogP contribution in [0, 0.1) is 0 Å². The van der Waals surface area contributed by atoms with Gasteiger partial charge in [0.1, 0.15) is 24.7 Å². The Morgan fingerprint density at radius 2 is 1.40 bits per heavy atom. The highest BCUT2D eigenvalue weighted by molar-refractivity contribution is 5.77. The zero-order valence-electron chi connectivity index (χ0n) is 17.6. The van der Waals surface area contributed by atoms with E-state index in [-0.39, 0.29) is 12.5 Å². The molecule has 0 aliphatic heterocycles. The van der Waals surface area contributed by atoms with Crippen molar-refractivity contribution in [2.75, 3.05) is 20.7 Å². The Morgan fingerprint density at radius 1 is 0.800 bits per heavy atom. The fourth-order valence-corrected chi connectivity index (χ4v) is 3.05. The lowest BCUT2D eigenvalue weighted by atomic mass is 10.1. The zero-order valence-corrected chi connectivity index (χ0v) is 17.6. The number of ether oxygens (including phenoxy) is 2. The molecule has 1 amide bonds. The Labute approximate surface area is 178 Å². The topological polar surface area (TPSA) is 52.0 Å². The number of rotatable bonds is 10. The van der Waals surface area contributed by atoms with E-state index in [0.717, 1.165) is 23.4 Å². The average molecular weight is 406 g/mol. The molecule has 0 heterocycles. The quantitative estimate of drug-likeness (QED) is 0.545. The van der Waals surface area contributed by atoms with Gasteiger partial charge >= 0.3 is 0 Å². The van der Waals surface area contributed by atoms with Crippen LogP contribution in [0.15, 0.2) is 78.9 Å². The van der Waals surface area contributed by atoms with Crippen molar-refractivity contribution in [1.29, 1.82) is 0 Å². The lowest BCUT2D eigenvalue weighted by Gasteiger charge is -2.13. The molecule has 0 radical (unpaired) electrons. The van der Waals surface area contributed by atoms with Crippen LogP contribution in [0.5, 0.6) is 11.5 Å². The summed E-state index contributed by atoms with van der Waals surface area (Å²) in [5.74, 6) is 1.25. The van der Waals surface area contributed by atoms with E-state index in [4.69, 9.17) is 9.47 Å². The van der Waals surface area contributed by atoms with Crippen LogP contribution >= 0.6 is 0 Å². The standard InChI is InChI=1S/C25H28N2O3/c1-27(2)17-22-11-7-6-10-21(22)16-26-25(28)19-30-24-14-12-23(13-15-24)29-18-20-8-4-3-5-9-20/h3-15H,16-19H2,1-2H3,(H,26,28)/p+1. The number of benzene rings is 3. The van der Waals surface area contributed by atoms with E-state index >= 15 is 0 Å². The summed E-state index contributed by atoms with van der Waals surface area (Å²) in [5, 5.41) is 2.93. The summed E-state index contributed by atoms with van der Waals surface area (Å²) in [6.45, 7) is 1.91. The monoisotopic (exact) mass is 405 g/mol. The Bertz CT molecular complexity index is 925. The van der Waals surface area contributed by atoms with Gasteiger partial charge < -0.3 is 19.7 Å². The van der Waals surface area contributed by atoms with Gasteiger partial charge in [-0.1, -0.05) is 54.6 Å². The van der Waals surface area contributed by atoms with Gasteiger partial charge in [-0.05, 0) is 35.4 Å². The van der Waals surface area contributed by atoms with Crippen LogP contribution in [0.2, 0.25) is 0 Å². The van der Waals surface area contributed by atoms with Gasteiger partial charge in [0.2, 0.25) is 0 Å². The highest BCUT2D eigenvalue weighted by atomic mass is 16.5. The first-order valence-corrected chi connectivity index (χ1v) is 10.1. The molecule has 2 N–H and O–H groups in total. The summed E-state index contributed by atoms with van der Waals surface area (Å²) in [6.07, 6.45) is 0. The third kappa shape index (κ3) is 6.94. The van der Waals surface area contributed by atoms with Crippen molar-refractivity contribution in [1.82, 2.24) is 5.32 Å². The van der Waals surface area contributed by atoms with Gasteiger partial charge in [0.15, 0.2) is 6.61 Å². The minimum absolute atomic E-state index is 0.0225. The van der Waals surface area contributed by atoms with Crippen molar-refractivity contribution in [2.24, 2.45) is 0 Å². The molecule has 0 atom stereocenters. The molecule has 0 spiro atoms. The van der Waals surface area contributed by atoms with Gasteiger partial charge in [-0.15, -0.1) is 0 Å². The van der Waals surface area contributed by atoms with Crippen LogP contribution in [0.1, 0.15) is 16.7 Å². The third-order valence-electron chi connectivity index (χ3n) is 4.58. The number of carbonyl (C=O) groups excluding carboxylic acids is 1. The van der Waals surface area contributed by atoms with E-state index in [1.807, 2.05) is 72.8 Å². The van der Waals surface area contributed by atoms with E-state index in [9.17, 15) is 4.79 Å². The Kier molecular flexibility index (Phi) is 7.86. The average Bonchev–Trinajstić information content (AvgIpc) is 2.77. The van der Waals surface area contributed by atoms with Crippen molar-refractivity contribution < 1.29 is 19.2 Å². The third-order valence-corrected chi connectivity index (χ3v) is 4.58. The van der Waals surface area contributed by atoms with E-state index in [1.54, 1.807) is 0 Å². The first-order chi connectivity index (χ1) is 14.6. The maximum Gasteiger partial charge on any atom is 0.258 e. The molecule has 3 aromatic carbocycles. The van der Waals surface area contributed by atoms with E-state index < -0.39 is 0 Å². The van der Waals surface area contributed by atoms with Gasteiger partial charge in [-0.3, -0.25) is 4.79 Å². The second-order valence-electron chi connectivity index (χ2n) is 7.46. The fraction of sp³-hybridized carbons (Fsp3) is 0.240. The largest absolute Gasteiger partial charge is 0.489 e. The molecule has 30 heavy (non-hydrogen) atoms. The van der Waals surface area contributed by atoms with Gasteiger partial charge in [0, 0.05) is 12.1 Å². The molecule has 5 nitrogen and oxygen atoms in total. The van der Waals surface area contributed by atoms with Crippen molar-refractivity contribution in [3.05, 3.63) is 95.6 Å². The van der Waals surface area contributed by atoms with Crippen LogP contribution in [0.3, 0.4) is 0 Å². The zero-order chi connectivity index (χ0) is 21.2. The maximum atomic E-state index is 12.2. The number of nitrogens with one attached hydrogen (secondary N) is 2. The molecule has 3 aromatic rings. The smallest absolute Gasteiger partial charge is 0.258 e. The fourth-order valence-electron chi connectivity index (χ4n) is 3.05. The summed E-state index contributed by atoms with van der Waals surface area (Å²) < 4.78 is 11.4. The molecule has 0 aliphatic rings. The second-order valence-corrected chi connectivity index (χ2v) is 7.46. The number of hydrogen-bond donors (Lipinski definition) is 2. The molecule has 0 aromatic heterocycles. The van der Waals surface area contributed by atoms with Crippen LogP contribution in [0.25, 0.3) is 0 Å². The molecule has 5 heteroatoms. The summed E-state index contributed by atoms with van der Waals surface area (Å²) in [5.41, 5.74) is 3.49. The van der Waals surface area contributed by atoms with Gasteiger partial charge in [-0.2, -0.15) is 0 Å². The Balaban J connectivity index is 1.42. The summed E-state index contributed by atoms with van der Waals surface area (Å²) in [7, 11) is 4.22. The minimum atomic E-state index is -0.147. The molecule has 3 rings (SSSR count). The summed E-state index contributed by atoms with van der Waals surface area (Å²) in [6, 6.07) is 25.5. The number of hydrogen-bond acceptors (Lipinski definition) is 3. The molecule has 0 saturated carbocycles. The maximum absolute atomic E-state index is 12.2. The highest BCUT2D eigenvalue weighted by Gasteiger charge is 2.08. The van der Waals surface area contributed by atoms with Crippen LogP contribution in [-0.4, -0.2) is 26.6 Å². The minimum Gasteiger partial charge on any atom is -0.489 e. The van der Waals surface area contributed by atoms with Crippen molar-refractivity contribution in [3.63, 3.8) is 0 Å². The van der Waals surface area contributed by atoms with Crippen molar-refractivity contribution in [3.8, 4) is 11.5 Å². The molecule has 156 valence electrons. The lowest BCUT2D eigenvalue weighted by Crippen LogP contribution is -3.04. The van der Waals surface area contributed by atoms with Crippen molar-refractivity contribution in [2.45, 2.75) is 19.7 Å². The number of carbonyl (C=O) groups is 1. The first kappa shape index (κ1) is 21.4. The molecule has 0 fully saturated rings. The second kappa shape index (κ2) is 11.0. The molecule has 0 unspecified atom stereocenters. The predicted octanol–water partition coefficient (Wildman–Crippen LogP) is 2.61. The number of quaternary nitrogens is 1. The summed E-state index contributed by atoms with van der Waals surface area (Å²) >= 11 is 0. The van der Waals surface area contributed by atoms with Gasteiger partial charge in [0.05, 0.1) is 14.1 Å². The summed E-state index contributed by atoms with van der Waals surface area (Å²) in [4.78, 5) is 13.5. The van der Waals surface area contributed by atoms with Gasteiger partial charge in [-0.25, -0.2) is 0 Å². The van der Waals surface area contributed by atoms with Crippen LogP contribution < -0.4 is 19.7 Å². The molecule has 0 bridgehead atoms. The first-order valence-electron chi connectivity index (χ1n) is 10.1. The van der Waals surface area contributed by atoms with E-state index in [2.05, 4.69) is 25.5 Å². The molecule has 0 saturated heterocycles. The SMILES string of the molecule is C[NH+](C)Cc1ccccc1CNC(=O)COc1ccc(OCc2ccccc2)cc1. The Morgan fingerprint density at radius 3 is 2.07 bits per heavy atom. The van der Waals surface area contributed by atoms with E-state index in [1.165, 1.54) is 10.5 Å². The molecule has 0 aliphatic carbocycles. The van der Waals surface area contributed by atoms with Crippen LogP contribution in [0.4, 0.5) is 0 Å².